The Morgan fingerprint density at radius 3 is 2.14 bits per heavy atom. The van der Waals surface area contributed by atoms with Crippen LogP contribution in [0.4, 0.5) is 19.8 Å². The van der Waals surface area contributed by atoms with Gasteiger partial charge in [0.15, 0.2) is 19.2 Å². The summed E-state index contributed by atoms with van der Waals surface area (Å²) < 4.78 is 78.5. The number of halogens is 1. The zero-order valence-corrected chi connectivity index (χ0v) is 24.4. The molecule has 0 aromatic carbocycles. The third kappa shape index (κ3) is 10.4. The minimum atomic E-state index is -4.66. The second kappa shape index (κ2) is 16.1. The van der Waals surface area contributed by atoms with Crippen LogP contribution in [0, 0.1) is 0 Å². The Bertz CT molecular complexity index is 1110. The number of carbonyl (C=O) groups excluding carboxylic acids is 2. The lowest BCUT2D eigenvalue weighted by atomic mass is 9.97. The summed E-state index contributed by atoms with van der Waals surface area (Å²) in [5, 5.41) is 10.7. The standard InChI is InChI=1S/C22H35FN3O15P/c1-13(2)39-20(29)34-11-37-42(31,38-12-35-21(30)40-14(3)4)36-10-33-9-22(8-32-5)17(27)16(23)18(41-22)26-7-6-15(24)25-19(26)28/h6-7,13-14,16-18,27H,8-12H2,1-5H3,(H2,24,25,28)/t16-,17+,18-,22-/m1/s1. The number of hydrogen-bond donors (Lipinski definition) is 2. The van der Waals surface area contributed by atoms with Crippen LogP contribution in [0.25, 0.3) is 0 Å². The van der Waals surface area contributed by atoms with Gasteiger partial charge >= 0.3 is 25.8 Å². The van der Waals surface area contributed by atoms with Crippen molar-refractivity contribution in [3.05, 3.63) is 22.7 Å². The Morgan fingerprint density at radius 1 is 1.10 bits per heavy atom. The lowest BCUT2D eigenvalue weighted by Gasteiger charge is -2.30. The van der Waals surface area contributed by atoms with Gasteiger partial charge in [-0.15, -0.1) is 0 Å². The highest BCUT2D eigenvalue weighted by molar-refractivity contribution is 7.48. The summed E-state index contributed by atoms with van der Waals surface area (Å²) in [6.07, 6.45) is -7.81. The zero-order valence-electron chi connectivity index (χ0n) is 23.5. The highest BCUT2D eigenvalue weighted by Gasteiger charge is 2.56. The molecule has 0 unspecified atom stereocenters. The second-order valence-electron chi connectivity index (χ2n) is 9.10. The number of nitrogens with two attached hydrogens (primary N) is 1. The van der Waals surface area contributed by atoms with E-state index in [0.717, 1.165) is 10.8 Å². The van der Waals surface area contributed by atoms with Crippen molar-refractivity contribution in [2.75, 3.05) is 46.4 Å². The molecule has 0 bridgehead atoms. The molecule has 0 saturated carbocycles. The van der Waals surface area contributed by atoms with E-state index in [9.17, 15) is 24.1 Å². The topological polar surface area (TPSA) is 225 Å². The number of ether oxygens (including phenoxy) is 7. The fraction of sp³-hybridized carbons (Fsp3) is 0.727. The normalized spacial score (nSPS) is 22.4. The third-order valence-electron chi connectivity index (χ3n) is 5.06. The fourth-order valence-electron chi connectivity index (χ4n) is 3.33. The maximum absolute atomic E-state index is 15.1. The van der Waals surface area contributed by atoms with Gasteiger partial charge in [0.25, 0.3) is 0 Å². The second-order valence-corrected chi connectivity index (χ2v) is 10.8. The van der Waals surface area contributed by atoms with Crippen LogP contribution in [0.1, 0.15) is 33.9 Å². The number of aliphatic hydroxyl groups is 1. The Morgan fingerprint density at radius 2 is 1.64 bits per heavy atom. The Balaban J connectivity index is 2.05. The SMILES string of the molecule is COC[C@]1(COCOP(=O)(OCOC(=O)OC(C)C)OCOC(=O)OC(C)C)O[C@@H](n2ccc(N)nc2=O)[C@H](F)[C@@H]1O. The van der Waals surface area contributed by atoms with Gasteiger partial charge in [0.2, 0.25) is 13.6 Å². The number of aromatic nitrogens is 2. The number of aliphatic hydroxyl groups excluding tert-OH is 1. The third-order valence-corrected chi connectivity index (χ3v) is 6.33. The van der Waals surface area contributed by atoms with E-state index in [1.54, 1.807) is 27.7 Å². The predicted octanol–water partition coefficient (Wildman–Crippen LogP) is 1.61. The molecule has 0 spiro atoms. The van der Waals surface area contributed by atoms with Crippen LogP contribution in [0.3, 0.4) is 0 Å². The number of nitrogen functional groups attached to an aromatic ring is 1. The first-order valence-electron chi connectivity index (χ1n) is 12.3. The number of methoxy groups -OCH3 is 1. The summed E-state index contributed by atoms with van der Waals surface area (Å²) in [4.78, 5) is 38.8. The molecule has 20 heteroatoms. The average molecular weight is 632 g/mol. The molecule has 1 aromatic rings. The maximum Gasteiger partial charge on any atom is 0.510 e. The van der Waals surface area contributed by atoms with E-state index in [2.05, 4.69) is 14.5 Å². The van der Waals surface area contributed by atoms with E-state index >= 15 is 4.39 Å². The van der Waals surface area contributed by atoms with Gasteiger partial charge in [0, 0.05) is 13.3 Å². The van der Waals surface area contributed by atoms with Crippen molar-refractivity contribution in [1.29, 1.82) is 0 Å². The number of rotatable bonds is 16. The van der Waals surface area contributed by atoms with Crippen molar-refractivity contribution in [3.8, 4) is 0 Å². The van der Waals surface area contributed by atoms with E-state index in [0.29, 0.717) is 0 Å². The highest BCUT2D eigenvalue weighted by Crippen LogP contribution is 2.49. The van der Waals surface area contributed by atoms with Crippen molar-refractivity contribution in [1.82, 2.24) is 9.55 Å². The van der Waals surface area contributed by atoms with Crippen molar-refractivity contribution in [3.63, 3.8) is 0 Å². The molecule has 42 heavy (non-hydrogen) atoms. The van der Waals surface area contributed by atoms with Gasteiger partial charge < -0.3 is 44.0 Å². The highest BCUT2D eigenvalue weighted by atomic mass is 31.2. The number of anilines is 1. The van der Waals surface area contributed by atoms with Crippen molar-refractivity contribution in [2.45, 2.75) is 64.0 Å². The van der Waals surface area contributed by atoms with Gasteiger partial charge in [-0.05, 0) is 33.8 Å². The number of hydrogen-bond acceptors (Lipinski definition) is 17. The lowest BCUT2D eigenvalue weighted by Crippen LogP contribution is -2.50. The van der Waals surface area contributed by atoms with Gasteiger partial charge in [0.05, 0.1) is 25.4 Å². The molecule has 1 aliphatic rings. The van der Waals surface area contributed by atoms with E-state index in [1.807, 2.05) is 0 Å². The van der Waals surface area contributed by atoms with E-state index in [-0.39, 0.29) is 5.82 Å². The quantitative estimate of drug-likeness (QED) is 0.114. The van der Waals surface area contributed by atoms with Crippen LogP contribution >= 0.6 is 7.82 Å². The van der Waals surface area contributed by atoms with E-state index in [4.69, 9.17) is 43.0 Å². The summed E-state index contributed by atoms with van der Waals surface area (Å²) >= 11 is 0. The van der Waals surface area contributed by atoms with Crippen LogP contribution in [-0.2, 0) is 51.3 Å². The Kier molecular flexibility index (Phi) is 13.5. The molecule has 0 aliphatic carbocycles. The van der Waals surface area contributed by atoms with Crippen LogP contribution in [0.5, 0.6) is 0 Å². The molecule has 0 radical (unpaired) electrons. The number of alkyl halides is 1. The molecular weight excluding hydrogens is 596 g/mol. The minimum absolute atomic E-state index is 0.105. The Hall–Kier alpha value is -2.90. The van der Waals surface area contributed by atoms with Crippen LogP contribution in [-0.4, -0.2) is 97.8 Å². The zero-order chi connectivity index (χ0) is 31.5. The smallest absolute Gasteiger partial charge is 0.432 e. The molecule has 1 aromatic heterocycles. The summed E-state index contributed by atoms with van der Waals surface area (Å²) in [6.45, 7) is 2.38. The van der Waals surface area contributed by atoms with Gasteiger partial charge in [-0.2, -0.15) is 4.98 Å². The first-order valence-corrected chi connectivity index (χ1v) is 13.8. The van der Waals surface area contributed by atoms with Gasteiger partial charge in [-0.25, -0.2) is 32.4 Å². The first kappa shape index (κ1) is 35.3. The summed E-state index contributed by atoms with van der Waals surface area (Å²) in [5.74, 6) is -0.105. The number of nitrogens with zero attached hydrogens (tertiary/aromatic N) is 2. The number of carbonyl (C=O) groups is 2. The van der Waals surface area contributed by atoms with E-state index < -0.39 is 95.7 Å². The van der Waals surface area contributed by atoms with Gasteiger partial charge in [-0.1, -0.05) is 0 Å². The molecule has 240 valence electrons. The van der Waals surface area contributed by atoms with E-state index in [1.165, 1.54) is 13.2 Å². The molecule has 1 fully saturated rings. The molecular formula is C22H35FN3O15P. The molecule has 3 N–H and O–H groups in total. The maximum atomic E-state index is 15.1. The summed E-state index contributed by atoms with van der Waals surface area (Å²) in [7, 11) is -3.42. The molecule has 2 heterocycles. The van der Waals surface area contributed by atoms with Crippen molar-refractivity contribution >= 4 is 26.0 Å². The Labute approximate surface area is 239 Å². The monoisotopic (exact) mass is 631 g/mol. The van der Waals surface area contributed by atoms with Crippen molar-refractivity contribution in [2.24, 2.45) is 0 Å². The molecule has 2 rings (SSSR count). The average Bonchev–Trinajstić information content (AvgIpc) is 3.11. The first-order chi connectivity index (χ1) is 19.7. The predicted molar refractivity (Wildman–Crippen MR) is 135 cm³/mol. The molecule has 1 saturated heterocycles. The van der Waals surface area contributed by atoms with Gasteiger partial charge in [-0.3, -0.25) is 9.09 Å². The molecule has 18 nitrogen and oxygen atoms in total. The largest absolute Gasteiger partial charge is 0.510 e. The van der Waals surface area contributed by atoms with Crippen LogP contribution < -0.4 is 11.4 Å². The number of phosphoric ester groups is 1. The fourth-order valence-corrected chi connectivity index (χ4v) is 4.13. The molecule has 0 amide bonds. The molecule has 4 atom stereocenters. The van der Waals surface area contributed by atoms with Crippen molar-refractivity contribution < 1.29 is 70.4 Å². The summed E-state index contributed by atoms with van der Waals surface area (Å²) in [5.41, 5.74) is 2.66. The minimum Gasteiger partial charge on any atom is -0.432 e. The van der Waals surface area contributed by atoms with Gasteiger partial charge in [0.1, 0.15) is 17.5 Å². The molecule has 1 aliphatic heterocycles. The lowest BCUT2D eigenvalue weighted by molar-refractivity contribution is -0.179. The van der Waals surface area contributed by atoms with Crippen LogP contribution in [0.15, 0.2) is 17.1 Å². The summed E-state index contributed by atoms with van der Waals surface area (Å²) in [6, 6.07) is 1.24. The van der Waals surface area contributed by atoms with Crippen LogP contribution in [0.2, 0.25) is 0 Å². The number of phosphoric acid groups is 1.